The second-order valence-electron chi connectivity index (χ2n) is 4.25. The zero-order chi connectivity index (χ0) is 12.1. The molecule has 1 fully saturated rings. The molecule has 1 aliphatic heterocycles. The van der Waals surface area contributed by atoms with Crippen molar-refractivity contribution < 1.29 is 9.47 Å². The molecule has 0 bridgehead atoms. The second-order valence-corrected chi connectivity index (χ2v) is 4.25. The molecule has 0 radical (unpaired) electrons. The van der Waals surface area contributed by atoms with Gasteiger partial charge in [-0.25, -0.2) is 0 Å². The first-order valence-corrected chi connectivity index (χ1v) is 5.98. The monoisotopic (exact) mass is 236 g/mol. The van der Waals surface area contributed by atoms with Crippen LogP contribution in [0.1, 0.15) is 5.56 Å². The molecule has 4 heteroatoms. The second kappa shape index (κ2) is 5.89. The van der Waals surface area contributed by atoms with Gasteiger partial charge in [0.05, 0.1) is 14.2 Å². The molecule has 0 unspecified atom stereocenters. The van der Waals surface area contributed by atoms with Crippen molar-refractivity contribution in [3.63, 3.8) is 0 Å². The van der Waals surface area contributed by atoms with Crippen LogP contribution in [0.2, 0.25) is 0 Å². The van der Waals surface area contributed by atoms with E-state index >= 15 is 0 Å². The molecule has 0 atom stereocenters. The number of ether oxygens (including phenoxy) is 2. The molecule has 0 aromatic heterocycles. The summed E-state index contributed by atoms with van der Waals surface area (Å²) < 4.78 is 10.5. The van der Waals surface area contributed by atoms with Crippen molar-refractivity contribution in [2.75, 3.05) is 33.9 Å². The smallest absolute Gasteiger partial charge is 0.160 e. The Balaban J connectivity index is 1.86. The summed E-state index contributed by atoms with van der Waals surface area (Å²) in [5.41, 5.74) is 1.27. The normalized spacial score (nSPS) is 15.4. The number of nitrogens with one attached hydrogen (secondary N) is 2. The molecule has 4 nitrogen and oxygen atoms in total. The van der Waals surface area contributed by atoms with Gasteiger partial charge in [-0.2, -0.15) is 0 Å². The molecule has 17 heavy (non-hydrogen) atoms. The zero-order valence-corrected chi connectivity index (χ0v) is 10.5. The summed E-state index contributed by atoms with van der Waals surface area (Å²) >= 11 is 0. The van der Waals surface area contributed by atoms with Crippen LogP contribution in [0.15, 0.2) is 18.2 Å². The summed E-state index contributed by atoms with van der Waals surface area (Å²) in [6.45, 7) is 3.18. The van der Waals surface area contributed by atoms with Gasteiger partial charge in [0.15, 0.2) is 11.5 Å². The van der Waals surface area contributed by atoms with Gasteiger partial charge in [0.25, 0.3) is 0 Å². The van der Waals surface area contributed by atoms with Crippen molar-refractivity contribution in [1.29, 1.82) is 0 Å². The van der Waals surface area contributed by atoms with Crippen molar-refractivity contribution >= 4 is 0 Å². The van der Waals surface area contributed by atoms with Gasteiger partial charge in [-0.3, -0.25) is 0 Å². The van der Waals surface area contributed by atoms with Crippen LogP contribution in [0.5, 0.6) is 11.5 Å². The molecule has 1 aromatic rings. The molecule has 0 spiro atoms. The van der Waals surface area contributed by atoms with Gasteiger partial charge in [0, 0.05) is 19.1 Å². The summed E-state index contributed by atoms with van der Waals surface area (Å²) in [5, 5.41) is 6.74. The maximum atomic E-state index is 5.28. The molecule has 1 aromatic carbocycles. The summed E-state index contributed by atoms with van der Waals surface area (Å²) in [6, 6.07) is 6.73. The van der Waals surface area contributed by atoms with Crippen molar-refractivity contribution in [1.82, 2.24) is 10.6 Å². The molecule has 0 saturated carbocycles. The minimum absolute atomic E-state index is 0.648. The molecule has 0 amide bonds. The lowest BCUT2D eigenvalue weighted by molar-refractivity contribution is 0.354. The van der Waals surface area contributed by atoms with E-state index in [1.54, 1.807) is 14.2 Å². The maximum Gasteiger partial charge on any atom is 0.160 e. The van der Waals surface area contributed by atoms with Crippen LogP contribution in [0.4, 0.5) is 0 Å². The highest BCUT2D eigenvalue weighted by Crippen LogP contribution is 2.27. The number of hydrogen-bond acceptors (Lipinski definition) is 4. The molecular weight excluding hydrogens is 216 g/mol. The van der Waals surface area contributed by atoms with Crippen molar-refractivity contribution in [3.05, 3.63) is 23.8 Å². The van der Waals surface area contributed by atoms with Gasteiger partial charge in [-0.05, 0) is 30.7 Å². The maximum absolute atomic E-state index is 5.28. The van der Waals surface area contributed by atoms with Gasteiger partial charge in [0.1, 0.15) is 0 Å². The van der Waals surface area contributed by atoms with Crippen LogP contribution in [-0.4, -0.2) is 39.9 Å². The van der Waals surface area contributed by atoms with E-state index in [1.165, 1.54) is 5.56 Å². The third-order valence-electron chi connectivity index (χ3n) is 3.08. The van der Waals surface area contributed by atoms with Crippen LogP contribution >= 0.6 is 0 Å². The van der Waals surface area contributed by atoms with E-state index < -0.39 is 0 Å². The van der Waals surface area contributed by atoms with Gasteiger partial charge in [-0.15, -0.1) is 0 Å². The highest BCUT2D eigenvalue weighted by atomic mass is 16.5. The minimum Gasteiger partial charge on any atom is -0.493 e. The SMILES string of the molecule is COc1ccc(CCNC2CNC2)cc1OC. The molecule has 2 rings (SSSR count). The fraction of sp³-hybridized carbons (Fsp3) is 0.538. The quantitative estimate of drug-likeness (QED) is 0.767. The molecule has 1 aliphatic rings. The van der Waals surface area contributed by atoms with Crippen LogP contribution in [0.3, 0.4) is 0 Å². The Morgan fingerprint density at radius 3 is 2.59 bits per heavy atom. The standard InChI is InChI=1S/C13H20N2O2/c1-16-12-4-3-10(7-13(12)17-2)5-6-15-11-8-14-9-11/h3-4,7,11,14-15H,5-6,8-9H2,1-2H3. The number of benzene rings is 1. The lowest BCUT2D eigenvalue weighted by Gasteiger charge is -2.28. The lowest BCUT2D eigenvalue weighted by Crippen LogP contribution is -2.55. The molecule has 1 saturated heterocycles. The fourth-order valence-corrected chi connectivity index (χ4v) is 1.89. The van der Waals surface area contributed by atoms with Crippen LogP contribution < -0.4 is 20.1 Å². The highest BCUT2D eigenvalue weighted by molar-refractivity contribution is 5.42. The van der Waals surface area contributed by atoms with Crippen LogP contribution in [-0.2, 0) is 6.42 Å². The molecule has 2 N–H and O–H groups in total. The fourth-order valence-electron chi connectivity index (χ4n) is 1.89. The third-order valence-corrected chi connectivity index (χ3v) is 3.08. The highest BCUT2D eigenvalue weighted by Gasteiger charge is 2.14. The first-order valence-electron chi connectivity index (χ1n) is 5.98. The summed E-state index contributed by atoms with van der Waals surface area (Å²) in [4.78, 5) is 0. The average molecular weight is 236 g/mol. The van der Waals surface area contributed by atoms with E-state index in [2.05, 4.69) is 16.7 Å². The Bertz CT molecular complexity index is 364. The number of methoxy groups -OCH3 is 2. The Morgan fingerprint density at radius 1 is 1.24 bits per heavy atom. The van der Waals surface area contributed by atoms with Gasteiger partial charge < -0.3 is 20.1 Å². The first-order chi connectivity index (χ1) is 8.33. The summed E-state index contributed by atoms with van der Waals surface area (Å²) in [5.74, 6) is 1.59. The van der Waals surface area contributed by atoms with Crippen molar-refractivity contribution in [3.8, 4) is 11.5 Å². The number of hydrogen-bond donors (Lipinski definition) is 2. The average Bonchev–Trinajstić information content (AvgIpc) is 2.32. The summed E-state index contributed by atoms with van der Waals surface area (Å²) in [6.07, 6.45) is 1.01. The van der Waals surface area contributed by atoms with E-state index in [1.807, 2.05) is 12.1 Å². The minimum atomic E-state index is 0.648. The molecule has 0 aliphatic carbocycles. The van der Waals surface area contributed by atoms with Gasteiger partial charge >= 0.3 is 0 Å². The predicted molar refractivity (Wildman–Crippen MR) is 67.9 cm³/mol. The van der Waals surface area contributed by atoms with Crippen LogP contribution in [0, 0.1) is 0 Å². The summed E-state index contributed by atoms with van der Waals surface area (Å²) in [7, 11) is 3.32. The number of rotatable bonds is 6. The Morgan fingerprint density at radius 2 is 2.00 bits per heavy atom. The molecule has 94 valence electrons. The largest absolute Gasteiger partial charge is 0.493 e. The van der Waals surface area contributed by atoms with Crippen LogP contribution in [0.25, 0.3) is 0 Å². The predicted octanol–water partition coefficient (Wildman–Crippen LogP) is 0.808. The molecular formula is C13H20N2O2. The van der Waals surface area contributed by atoms with Gasteiger partial charge in [-0.1, -0.05) is 6.07 Å². The van der Waals surface area contributed by atoms with E-state index in [0.29, 0.717) is 6.04 Å². The van der Waals surface area contributed by atoms with E-state index in [-0.39, 0.29) is 0 Å². The lowest BCUT2D eigenvalue weighted by atomic mass is 10.1. The van der Waals surface area contributed by atoms with Gasteiger partial charge in [0.2, 0.25) is 0 Å². The zero-order valence-electron chi connectivity index (χ0n) is 10.5. The molecule has 1 heterocycles. The van der Waals surface area contributed by atoms with E-state index in [0.717, 1.165) is 37.6 Å². The Labute approximate surface area is 102 Å². The first kappa shape index (κ1) is 12.2. The third kappa shape index (κ3) is 3.11. The Kier molecular flexibility index (Phi) is 4.23. The Hall–Kier alpha value is -1.26. The van der Waals surface area contributed by atoms with E-state index in [4.69, 9.17) is 9.47 Å². The van der Waals surface area contributed by atoms with E-state index in [9.17, 15) is 0 Å². The topological polar surface area (TPSA) is 42.5 Å². The van der Waals surface area contributed by atoms with Crippen molar-refractivity contribution in [2.45, 2.75) is 12.5 Å². The van der Waals surface area contributed by atoms with Crippen molar-refractivity contribution in [2.24, 2.45) is 0 Å².